The van der Waals surface area contributed by atoms with Gasteiger partial charge in [-0.2, -0.15) is 0 Å². The monoisotopic (exact) mass is 455 g/mol. The fourth-order valence-electron chi connectivity index (χ4n) is 1.62. The maximum Gasteiger partial charge on any atom is 0.255 e. The number of carbonyl (C=O) groups is 1. The molecule has 0 spiro atoms. The molecule has 110 valence electrons. The first-order valence-corrected chi connectivity index (χ1v) is 7.93. The van der Waals surface area contributed by atoms with Crippen LogP contribution in [-0.2, 0) is 0 Å². The molecule has 0 aliphatic rings. The summed E-state index contributed by atoms with van der Waals surface area (Å²) in [4.78, 5) is 12.2. The molecule has 7 heteroatoms. The Hall–Kier alpha value is -0.690. The number of amides is 1. The van der Waals surface area contributed by atoms with E-state index < -0.39 is 0 Å². The molecule has 2 aromatic carbocycles. The van der Waals surface area contributed by atoms with Gasteiger partial charge in [0.05, 0.1) is 31.4 Å². The van der Waals surface area contributed by atoms with Gasteiger partial charge in [0.1, 0.15) is 5.75 Å². The van der Waals surface area contributed by atoms with Crippen LogP contribution in [0.3, 0.4) is 0 Å². The first-order chi connectivity index (χ1) is 9.92. The van der Waals surface area contributed by atoms with Gasteiger partial charge in [0.2, 0.25) is 0 Å². The van der Waals surface area contributed by atoms with E-state index >= 15 is 0 Å². The van der Waals surface area contributed by atoms with Crippen molar-refractivity contribution in [3.05, 3.63) is 54.5 Å². The van der Waals surface area contributed by atoms with Gasteiger partial charge in [0.15, 0.2) is 0 Å². The molecule has 0 saturated carbocycles. The number of hydrogen-bond acceptors (Lipinski definition) is 2. The molecule has 0 unspecified atom stereocenters. The quantitative estimate of drug-likeness (QED) is 0.489. The minimum atomic E-state index is -0.296. The molecule has 21 heavy (non-hydrogen) atoms. The smallest absolute Gasteiger partial charge is 0.255 e. The number of carbonyl (C=O) groups excluding carboxylic acids is 1. The average molecular weight is 456 g/mol. The van der Waals surface area contributed by atoms with Gasteiger partial charge < -0.3 is 10.1 Å². The lowest BCUT2D eigenvalue weighted by atomic mass is 10.2. The summed E-state index contributed by atoms with van der Waals surface area (Å²) >= 11 is 19.9. The fraction of sp³-hybridized carbons (Fsp3) is 0.0714. The van der Waals surface area contributed by atoms with Crippen molar-refractivity contribution in [1.29, 1.82) is 0 Å². The Morgan fingerprint density at radius 3 is 2.38 bits per heavy atom. The van der Waals surface area contributed by atoms with Crippen molar-refractivity contribution in [3.8, 4) is 5.75 Å². The van der Waals surface area contributed by atoms with Crippen LogP contribution in [-0.4, -0.2) is 13.0 Å². The summed E-state index contributed by atoms with van der Waals surface area (Å²) in [5.74, 6) is 0.413. The van der Waals surface area contributed by atoms with E-state index in [9.17, 15) is 4.79 Å². The molecule has 2 aromatic rings. The maximum absolute atomic E-state index is 12.2. The standard InChI is InChI=1S/C14H9Cl3INO2/c1-21-13-3-2-7(4-11(13)18)14(20)19-12-6-9(16)8(15)5-10(12)17/h2-6H,1H3,(H,19,20). The molecule has 1 N–H and O–H groups in total. The van der Waals surface area contributed by atoms with E-state index in [0.29, 0.717) is 32.1 Å². The van der Waals surface area contributed by atoms with E-state index in [2.05, 4.69) is 27.9 Å². The van der Waals surface area contributed by atoms with Crippen LogP contribution >= 0.6 is 57.4 Å². The van der Waals surface area contributed by atoms with Crippen LogP contribution in [0.15, 0.2) is 30.3 Å². The predicted molar refractivity (Wildman–Crippen MR) is 95.1 cm³/mol. The highest BCUT2D eigenvalue weighted by Gasteiger charge is 2.12. The Labute approximate surface area is 150 Å². The predicted octanol–water partition coefficient (Wildman–Crippen LogP) is 5.51. The summed E-state index contributed by atoms with van der Waals surface area (Å²) < 4.78 is 5.99. The normalized spacial score (nSPS) is 10.3. The molecule has 0 bridgehead atoms. The van der Waals surface area contributed by atoms with Crippen LogP contribution in [0.1, 0.15) is 10.4 Å². The van der Waals surface area contributed by atoms with Crippen molar-refractivity contribution in [2.45, 2.75) is 0 Å². The molecular formula is C14H9Cl3INO2. The van der Waals surface area contributed by atoms with Gasteiger partial charge in [-0.3, -0.25) is 4.79 Å². The highest BCUT2D eigenvalue weighted by atomic mass is 127. The van der Waals surface area contributed by atoms with Crippen LogP contribution in [0.2, 0.25) is 15.1 Å². The second-order valence-corrected chi connectivity index (χ2v) is 6.43. The van der Waals surface area contributed by atoms with Gasteiger partial charge >= 0.3 is 0 Å². The van der Waals surface area contributed by atoms with E-state index in [1.807, 2.05) is 0 Å². The van der Waals surface area contributed by atoms with Gasteiger partial charge in [0, 0.05) is 5.56 Å². The highest BCUT2D eigenvalue weighted by molar-refractivity contribution is 14.1. The third kappa shape index (κ3) is 3.94. The molecule has 3 nitrogen and oxygen atoms in total. The maximum atomic E-state index is 12.2. The van der Waals surface area contributed by atoms with E-state index in [1.165, 1.54) is 12.1 Å². The molecule has 0 saturated heterocycles. The fourth-order valence-corrected chi connectivity index (χ4v) is 2.95. The summed E-state index contributed by atoms with van der Waals surface area (Å²) in [6.07, 6.45) is 0. The van der Waals surface area contributed by atoms with Crippen molar-refractivity contribution in [2.24, 2.45) is 0 Å². The first kappa shape index (κ1) is 16.7. The summed E-state index contributed by atoms with van der Waals surface area (Å²) in [6.45, 7) is 0. The number of benzene rings is 2. The molecule has 1 amide bonds. The summed E-state index contributed by atoms with van der Waals surface area (Å²) in [6, 6.07) is 8.12. The van der Waals surface area contributed by atoms with Crippen LogP contribution in [0, 0.1) is 3.57 Å². The number of hydrogen-bond donors (Lipinski definition) is 1. The number of nitrogens with one attached hydrogen (secondary N) is 1. The van der Waals surface area contributed by atoms with Crippen molar-refractivity contribution < 1.29 is 9.53 Å². The summed E-state index contributed by atoms with van der Waals surface area (Å²) in [5.41, 5.74) is 0.893. The van der Waals surface area contributed by atoms with E-state index in [4.69, 9.17) is 39.5 Å². The molecule has 0 radical (unpaired) electrons. The SMILES string of the molecule is COc1ccc(C(=O)Nc2cc(Cl)c(Cl)cc2Cl)cc1I. The Balaban J connectivity index is 2.26. The molecule has 0 aliphatic carbocycles. The molecule has 0 aliphatic heterocycles. The van der Waals surface area contributed by atoms with Crippen molar-refractivity contribution in [2.75, 3.05) is 12.4 Å². The van der Waals surface area contributed by atoms with E-state index in [0.717, 1.165) is 3.57 Å². The molecule has 0 aromatic heterocycles. The topological polar surface area (TPSA) is 38.3 Å². The summed E-state index contributed by atoms with van der Waals surface area (Å²) in [7, 11) is 1.58. The van der Waals surface area contributed by atoms with Crippen molar-refractivity contribution in [1.82, 2.24) is 0 Å². The number of anilines is 1. The molecule has 0 fully saturated rings. The second-order valence-electron chi connectivity index (χ2n) is 4.05. The minimum Gasteiger partial charge on any atom is -0.496 e. The number of ether oxygens (including phenoxy) is 1. The van der Waals surface area contributed by atoms with E-state index in [-0.39, 0.29) is 5.91 Å². The summed E-state index contributed by atoms with van der Waals surface area (Å²) in [5, 5.41) is 3.67. The van der Waals surface area contributed by atoms with Crippen LogP contribution in [0.4, 0.5) is 5.69 Å². The Morgan fingerprint density at radius 1 is 1.10 bits per heavy atom. The third-order valence-corrected chi connectivity index (χ3v) is 4.55. The van der Waals surface area contributed by atoms with Gasteiger partial charge in [-0.05, 0) is 52.9 Å². The molecule has 0 heterocycles. The zero-order valence-corrected chi connectivity index (χ0v) is 15.1. The van der Waals surface area contributed by atoms with Crippen molar-refractivity contribution >= 4 is 69.0 Å². The molecular weight excluding hydrogens is 447 g/mol. The lowest BCUT2D eigenvalue weighted by Crippen LogP contribution is -2.12. The average Bonchev–Trinajstić information content (AvgIpc) is 2.44. The lowest BCUT2D eigenvalue weighted by Gasteiger charge is -2.10. The van der Waals surface area contributed by atoms with Gasteiger partial charge in [-0.15, -0.1) is 0 Å². The highest BCUT2D eigenvalue weighted by Crippen LogP contribution is 2.32. The number of methoxy groups -OCH3 is 1. The third-order valence-electron chi connectivity index (χ3n) is 2.67. The first-order valence-electron chi connectivity index (χ1n) is 5.72. The Morgan fingerprint density at radius 2 is 1.76 bits per heavy atom. The number of rotatable bonds is 3. The van der Waals surface area contributed by atoms with Crippen molar-refractivity contribution in [3.63, 3.8) is 0 Å². The molecule has 0 atom stereocenters. The Bertz CT molecular complexity index is 707. The second kappa shape index (κ2) is 7.05. The minimum absolute atomic E-state index is 0.296. The zero-order valence-electron chi connectivity index (χ0n) is 10.7. The lowest BCUT2D eigenvalue weighted by molar-refractivity contribution is 0.102. The van der Waals surface area contributed by atoms with Gasteiger partial charge in [0.25, 0.3) is 5.91 Å². The largest absolute Gasteiger partial charge is 0.496 e. The number of halogens is 4. The van der Waals surface area contributed by atoms with Gasteiger partial charge in [-0.1, -0.05) is 34.8 Å². The van der Waals surface area contributed by atoms with Crippen LogP contribution in [0.25, 0.3) is 0 Å². The molecule has 2 rings (SSSR count). The van der Waals surface area contributed by atoms with Crippen LogP contribution in [0.5, 0.6) is 5.75 Å². The van der Waals surface area contributed by atoms with E-state index in [1.54, 1.807) is 25.3 Å². The Kier molecular flexibility index (Phi) is 5.60. The van der Waals surface area contributed by atoms with Gasteiger partial charge in [-0.25, -0.2) is 0 Å². The zero-order chi connectivity index (χ0) is 15.6. The van der Waals surface area contributed by atoms with Crippen LogP contribution < -0.4 is 10.1 Å².